The van der Waals surface area contributed by atoms with Crippen LogP contribution >= 0.6 is 0 Å². The Morgan fingerprint density at radius 3 is 2.00 bits per heavy atom. The fraction of sp³-hybridized carbons (Fsp3) is 0.259. The number of unbranched alkanes of at least 4 members (excludes halogenated alkanes) is 3. The van der Waals surface area contributed by atoms with Gasteiger partial charge in [0.2, 0.25) is 0 Å². The fourth-order valence-corrected chi connectivity index (χ4v) is 4.06. The number of alkyl halides is 3. The van der Waals surface area contributed by atoms with Gasteiger partial charge < -0.3 is 4.74 Å². The van der Waals surface area contributed by atoms with Gasteiger partial charge >= 0.3 is 6.36 Å². The summed E-state index contributed by atoms with van der Waals surface area (Å²) in [6.45, 7) is 2.23. The molecule has 0 radical (unpaired) electrons. The Morgan fingerprint density at radius 1 is 0.677 bits per heavy atom. The van der Waals surface area contributed by atoms with E-state index in [1.807, 2.05) is 6.07 Å². The molecule has 4 aromatic carbocycles. The van der Waals surface area contributed by atoms with Crippen molar-refractivity contribution in [3.05, 3.63) is 78.4 Å². The molecule has 0 saturated heterocycles. The van der Waals surface area contributed by atoms with Crippen LogP contribution in [0.4, 0.5) is 13.2 Å². The number of fused-ring (bicyclic) bond motifs is 3. The molecule has 0 aliphatic rings. The van der Waals surface area contributed by atoms with Crippen LogP contribution in [-0.4, -0.2) is 6.36 Å². The van der Waals surface area contributed by atoms with E-state index in [0.29, 0.717) is 0 Å². The molecule has 31 heavy (non-hydrogen) atoms. The monoisotopic (exact) mass is 422 g/mol. The molecule has 0 amide bonds. The number of ether oxygens (including phenoxy) is 1. The molecule has 0 aromatic heterocycles. The van der Waals surface area contributed by atoms with Gasteiger partial charge in [-0.05, 0) is 69.3 Å². The largest absolute Gasteiger partial charge is 0.573 e. The van der Waals surface area contributed by atoms with E-state index < -0.39 is 6.36 Å². The van der Waals surface area contributed by atoms with Crippen LogP contribution in [0.15, 0.2) is 72.8 Å². The molecule has 0 aliphatic carbocycles. The summed E-state index contributed by atoms with van der Waals surface area (Å²) in [6.07, 6.45) is 1.47. The molecule has 4 heteroatoms. The molecule has 0 bridgehead atoms. The van der Waals surface area contributed by atoms with Crippen molar-refractivity contribution in [3.8, 4) is 16.9 Å². The highest BCUT2D eigenvalue weighted by molar-refractivity contribution is 6.08. The summed E-state index contributed by atoms with van der Waals surface area (Å²) >= 11 is 0. The van der Waals surface area contributed by atoms with Crippen molar-refractivity contribution in [2.24, 2.45) is 0 Å². The zero-order chi connectivity index (χ0) is 21.8. The maximum absolute atomic E-state index is 12.4. The fourth-order valence-electron chi connectivity index (χ4n) is 4.06. The molecule has 0 heterocycles. The normalized spacial score (nSPS) is 11.9. The summed E-state index contributed by atoms with van der Waals surface area (Å²) in [5.74, 6) is -0.214. The van der Waals surface area contributed by atoms with Gasteiger partial charge in [0.15, 0.2) is 0 Å². The smallest absolute Gasteiger partial charge is 0.406 e. The van der Waals surface area contributed by atoms with Crippen molar-refractivity contribution < 1.29 is 17.9 Å². The first-order chi connectivity index (χ1) is 14.9. The summed E-state index contributed by atoms with van der Waals surface area (Å²) in [4.78, 5) is 0. The standard InChI is InChI=1S/C27H25F3O/c1-2-3-4-5-6-19-7-15-25-22(17-19)8-9-23-18-21(12-16-26(23)25)20-10-13-24(14-11-20)31-27(28,29)30/h7-18H,2-6H2,1H3. The Hall–Kier alpha value is -3.01. The lowest BCUT2D eigenvalue weighted by molar-refractivity contribution is -0.274. The van der Waals surface area contributed by atoms with Crippen LogP contribution in [0.2, 0.25) is 0 Å². The minimum atomic E-state index is -4.68. The topological polar surface area (TPSA) is 9.23 Å². The number of rotatable bonds is 7. The molecule has 160 valence electrons. The van der Waals surface area contributed by atoms with Gasteiger partial charge in [0.25, 0.3) is 0 Å². The first-order valence-electron chi connectivity index (χ1n) is 10.7. The van der Waals surface area contributed by atoms with Crippen LogP contribution in [0.25, 0.3) is 32.7 Å². The highest BCUT2D eigenvalue weighted by atomic mass is 19.4. The van der Waals surface area contributed by atoms with Crippen LogP contribution in [-0.2, 0) is 6.42 Å². The van der Waals surface area contributed by atoms with E-state index in [4.69, 9.17) is 0 Å². The van der Waals surface area contributed by atoms with Gasteiger partial charge in [-0.15, -0.1) is 13.2 Å². The number of hydrogen-bond acceptors (Lipinski definition) is 1. The van der Waals surface area contributed by atoms with Crippen molar-refractivity contribution in [1.29, 1.82) is 0 Å². The zero-order valence-corrected chi connectivity index (χ0v) is 17.5. The molecule has 0 unspecified atom stereocenters. The Kier molecular flexibility index (Phi) is 6.17. The predicted octanol–water partition coefficient (Wildman–Crippen LogP) is 8.68. The van der Waals surface area contributed by atoms with E-state index in [1.165, 1.54) is 59.5 Å². The van der Waals surface area contributed by atoms with Crippen molar-refractivity contribution in [1.82, 2.24) is 0 Å². The van der Waals surface area contributed by atoms with Crippen molar-refractivity contribution in [2.45, 2.75) is 45.4 Å². The third kappa shape index (κ3) is 5.19. The maximum Gasteiger partial charge on any atom is 0.573 e. The Bertz CT molecular complexity index is 1180. The molecule has 0 N–H and O–H groups in total. The molecule has 4 aromatic rings. The van der Waals surface area contributed by atoms with E-state index in [-0.39, 0.29) is 5.75 Å². The molecule has 0 saturated carbocycles. The molecular formula is C27H25F3O. The molecule has 4 rings (SSSR count). The number of aryl methyl sites for hydroxylation is 1. The van der Waals surface area contributed by atoms with Crippen molar-refractivity contribution in [2.75, 3.05) is 0 Å². The molecule has 0 spiro atoms. The first kappa shape index (κ1) is 21.2. The molecule has 0 aliphatic heterocycles. The molecule has 0 atom stereocenters. The summed E-state index contributed by atoms with van der Waals surface area (Å²) in [6, 6.07) is 23.1. The predicted molar refractivity (Wildman–Crippen MR) is 121 cm³/mol. The first-order valence-corrected chi connectivity index (χ1v) is 10.7. The second-order valence-corrected chi connectivity index (χ2v) is 7.94. The summed E-state index contributed by atoms with van der Waals surface area (Å²) in [5.41, 5.74) is 3.18. The number of benzene rings is 4. The lowest BCUT2D eigenvalue weighted by atomic mass is 9.95. The van der Waals surface area contributed by atoms with Crippen LogP contribution in [0.3, 0.4) is 0 Å². The van der Waals surface area contributed by atoms with E-state index in [0.717, 1.165) is 22.9 Å². The zero-order valence-electron chi connectivity index (χ0n) is 17.5. The molecule has 0 fully saturated rings. The van der Waals surface area contributed by atoms with Crippen molar-refractivity contribution in [3.63, 3.8) is 0 Å². The van der Waals surface area contributed by atoms with E-state index >= 15 is 0 Å². The van der Waals surface area contributed by atoms with Gasteiger partial charge in [0.05, 0.1) is 0 Å². The minimum Gasteiger partial charge on any atom is -0.406 e. The van der Waals surface area contributed by atoms with E-state index in [2.05, 4.69) is 54.1 Å². The van der Waals surface area contributed by atoms with E-state index in [9.17, 15) is 13.2 Å². The quantitative estimate of drug-likeness (QED) is 0.214. The molecule has 1 nitrogen and oxygen atoms in total. The van der Waals surface area contributed by atoms with Crippen LogP contribution in [0.5, 0.6) is 5.75 Å². The number of hydrogen-bond donors (Lipinski definition) is 0. The Balaban J connectivity index is 1.58. The van der Waals surface area contributed by atoms with Gasteiger partial charge in [-0.2, -0.15) is 0 Å². The highest BCUT2D eigenvalue weighted by Gasteiger charge is 2.30. The third-order valence-corrected chi connectivity index (χ3v) is 5.64. The van der Waals surface area contributed by atoms with Gasteiger partial charge in [-0.3, -0.25) is 0 Å². The van der Waals surface area contributed by atoms with Crippen LogP contribution in [0, 0.1) is 0 Å². The van der Waals surface area contributed by atoms with Crippen LogP contribution in [0.1, 0.15) is 38.2 Å². The van der Waals surface area contributed by atoms with Crippen LogP contribution < -0.4 is 4.74 Å². The maximum atomic E-state index is 12.4. The van der Waals surface area contributed by atoms with Crippen molar-refractivity contribution >= 4 is 21.5 Å². The molecular weight excluding hydrogens is 397 g/mol. The second kappa shape index (κ2) is 9.01. The third-order valence-electron chi connectivity index (χ3n) is 5.64. The van der Waals surface area contributed by atoms with Gasteiger partial charge in [0.1, 0.15) is 5.75 Å². The van der Waals surface area contributed by atoms with E-state index in [1.54, 1.807) is 12.1 Å². The Morgan fingerprint density at radius 2 is 1.32 bits per heavy atom. The average molecular weight is 422 g/mol. The lowest BCUT2D eigenvalue weighted by Crippen LogP contribution is -2.16. The van der Waals surface area contributed by atoms with Gasteiger partial charge in [-0.1, -0.05) is 80.8 Å². The lowest BCUT2D eigenvalue weighted by Gasteiger charge is -2.11. The summed E-state index contributed by atoms with van der Waals surface area (Å²) in [7, 11) is 0. The average Bonchev–Trinajstić information content (AvgIpc) is 2.75. The summed E-state index contributed by atoms with van der Waals surface area (Å²) in [5, 5.41) is 4.74. The highest BCUT2D eigenvalue weighted by Crippen LogP contribution is 2.32. The van der Waals surface area contributed by atoms with Gasteiger partial charge in [0, 0.05) is 0 Å². The SMILES string of the molecule is CCCCCCc1ccc2c(ccc3cc(-c4ccc(OC(F)(F)F)cc4)ccc32)c1. The minimum absolute atomic E-state index is 0.214. The Labute approximate surface area is 180 Å². The number of halogens is 3. The summed E-state index contributed by atoms with van der Waals surface area (Å²) < 4.78 is 41.0. The second-order valence-electron chi connectivity index (χ2n) is 7.94. The van der Waals surface area contributed by atoms with Gasteiger partial charge in [-0.25, -0.2) is 0 Å².